The number of nitrogens with one attached hydrogen (secondary N) is 2. The maximum atomic E-state index is 13.0. The van der Waals surface area contributed by atoms with E-state index >= 15 is 0 Å². The fraction of sp³-hybridized carbons (Fsp3) is 0.560. The van der Waals surface area contributed by atoms with Gasteiger partial charge in [0.15, 0.2) is 5.13 Å². The summed E-state index contributed by atoms with van der Waals surface area (Å²) in [5, 5.41) is 8.43. The molecule has 3 heterocycles. The van der Waals surface area contributed by atoms with E-state index in [2.05, 4.69) is 25.4 Å². The number of hydrogen-bond acceptors (Lipinski definition) is 8. The summed E-state index contributed by atoms with van der Waals surface area (Å²) in [6, 6.07) is 5.70. The van der Waals surface area contributed by atoms with Crippen LogP contribution in [0.1, 0.15) is 46.2 Å². The van der Waals surface area contributed by atoms with Crippen LogP contribution in [-0.4, -0.2) is 87.4 Å². The summed E-state index contributed by atoms with van der Waals surface area (Å²) in [7, 11) is 1.72. The molecular formula is C25H35N5O4S. The summed E-state index contributed by atoms with van der Waals surface area (Å²) in [5.41, 5.74) is 2.38. The molecule has 1 atom stereocenters. The van der Waals surface area contributed by atoms with Crippen molar-refractivity contribution in [1.29, 1.82) is 0 Å². The van der Waals surface area contributed by atoms with E-state index in [1.54, 1.807) is 12.5 Å². The normalized spacial score (nSPS) is 18.6. The number of aromatic nitrogens is 1. The lowest BCUT2D eigenvalue weighted by Gasteiger charge is -2.26. The van der Waals surface area contributed by atoms with Crippen LogP contribution in [-0.2, 0) is 15.9 Å². The van der Waals surface area contributed by atoms with E-state index < -0.39 is 0 Å². The number of methoxy groups -OCH3 is 1. The van der Waals surface area contributed by atoms with Gasteiger partial charge in [0.25, 0.3) is 11.8 Å². The molecule has 2 amide bonds. The van der Waals surface area contributed by atoms with Crippen molar-refractivity contribution in [2.24, 2.45) is 0 Å². The van der Waals surface area contributed by atoms with Crippen LogP contribution in [0.15, 0.2) is 23.6 Å². The Labute approximate surface area is 210 Å². The highest BCUT2D eigenvalue weighted by atomic mass is 32.1. The van der Waals surface area contributed by atoms with E-state index in [4.69, 9.17) is 9.47 Å². The molecule has 35 heavy (non-hydrogen) atoms. The average Bonchev–Trinajstić information content (AvgIpc) is 3.57. The number of hydrogen-bond donors (Lipinski definition) is 2. The number of amides is 2. The Bertz CT molecular complexity index is 1010. The molecule has 9 nitrogen and oxygen atoms in total. The van der Waals surface area contributed by atoms with E-state index in [1.807, 2.05) is 25.1 Å². The van der Waals surface area contributed by atoms with Crippen LogP contribution < -0.4 is 15.5 Å². The van der Waals surface area contributed by atoms with Gasteiger partial charge in [-0.2, -0.15) is 0 Å². The van der Waals surface area contributed by atoms with Gasteiger partial charge in [-0.25, -0.2) is 4.98 Å². The van der Waals surface area contributed by atoms with Crippen LogP contribution in [0.3, 0.4) is 0 Å². The third-order valence-electron chi connectivity index (χ3n) is 6.41. The van der Waals surface area contributed by atoms with Crippen LogP contribution in [0.5, 0.6) is 0 Å². The SMILES string of the molecule is CCCNC(=O)c1cc(CCN2CCOCC2)ccc1NC(=O)c1csc(N2CC[C@H](OC)C2)n1. The van der Waals surface area contributed by atoms with Crippen molar-refractivity contribution in [1.82, 2.24) is 15.2 Å². The topological polar surface area (TPSA) is 96.0 Å². The Morgan fingerprint density at radius 3 is 2.80 bits per heavy atom. The van der Waals surface area contributed by atoms with Crippen molar-refractivity contribution in [3.8, 4) is 0 Å². The zero-order chi connectivity index (χ0) is 24.6. The predicted molar refractivity (Wildman–Crippen MR) is 138 cm³/mol. The van der Waals surface area contributed by atoms with Crippen LogP contribution in [0.25, 0.3) is 0 Å². The molecule has 4 rings (SSSR count). The molecular weight excluding hydrogens is 466 g/mol. The molecule has 10 heteroatoms. The zero-order valence-electron chi connectivity index (χ0n) is 20.5. The number of ether oxygens (including phenoxy) is 2. The second kappa shape index (κ2) is 12.4. The van der Waals surface area contributed by atoms with Gasteiger partial charge >= 0.3 is 0 Å². The number of anilines is 2. The molecule has 0 aliphatic carbocycles. The lowest BCUT2D eigenvalue weighted by molar-refractivity contribution is 0.0384. The number of nitrogens with zero attached hydrogens (tertiary/aromatic N) is 3. The van der Waals surface area contributed by atoms with Gasteiger partial charge in [0.1, 0.15) is 5.69 Å². The van der Waals surface area contributed by atoms with E-state index in [0.717, 1.165) is 75.9 Å². The summed E-state index contributed by atoms with van der Waals surface area (Å²) in [5.74, 6) is -0.502. The van der Waals surface area contributed by atoms with Crippen molar-refractivity contribution >= 4 is 34.0 Å². The van der Waals surface area contributed by atoms with Crippen molar-refractivity contribution in [2.45, 2.75) is 32.3 Å². The maximum absolute atomic E-state index is 13.0. The van der Waals surface area contributed by atoms with E-state index in [-0.39, 0.29) is 17.9 Å². The molecule has 0 spiro atoms. The van der Waals surface area contributed by atoms with Gasteiger partial charge in [0.05, 0.1) is 30.6 Å². The van der Waals surface area contributed by atoms with Crippen LogP contribution in [0.2, 0.25) is 0 Å². The molecule has 1 aromatic heterocycles. The number of rotatable bonds is 10. The molecule has 2 aliphatic rings. The Kier molecular flexibility index (Phi) is 9.08. The number of morpholine rings is 1. The summed E-state index contributed by atoms with van der Waals surface area (Å²) < 4.78 is 10.9. The minimum atomic E-state index is -0.319. The Hall–Kier alpha value is -2.53. The van der Waals surface area contributed by atoms with Crippen molar-refractivity contribution in [2.75, 3.05) is 69.8 Å². The molecule has 2 fully saturated rings. The minimum Gasteiger partial charge on any atom is -0.380 e. The average molecular weight is 502 g/mol. The highest BCUT2D eigenvalue weighted by Gasteiger charge is 2.25. The predicted octanol–water partition coefficient (Wildman–Crippen LogP) is 2.64. The zero-order valence-corrected chi connectivity index (χ0v) is 21.4. The summed E-state index contributed by atoms with van der Waals surface area (Å²) >= 11 is 1.45. The molecule has 0 radical (unpaired) electrons. The minimum absolute atomic E-state index is 0.183. The molecule has 2 aliphatic heterocycles. The van der Waals surface area contributed by atoms with Crippen molar-refractivity contribution in [3.63, 3.8) is 0 Å². The van der Waals surface area contributed by atoms with Gasteiger partial charge in [-0.1, -0.05) is 13.0 Å². The second-order valence-electron chi connectivity index (χ2n) is 8.90. The molecule has 190 valence electrons. The highest BCUT2D eigenvalue weighted by molar-refractivity contribution is 7.14. The van der Waals surface area contributed by atoms with E-state index in [1.165, 1.54) is 11.3 Å². The van der Waals surface area contributed by atoms with Crippen LogP contribution in [0, 0.1) is 0 Å². The maximum Gasteiger partial charge on any atom is 0.275 e. The first-order valence-electron chi connectivity index (χ1n) is 12.3. The van der Waals surface area contributed by atoms with Gasteiger partial charge in [-0.15, -0.1) is 11.3 Å². The second-order valence-corrected chi connectivity index (χ2v) is 9.74. The number of carbonyl (C=O) groups is 2. The van der Waals surface area contributed by atoms with E-state index in [0.29, 0.717) is 23.5 Å². The van der Waals surface area contributed by atoms with Gasteiger partial charge < -0.3 is 25.0 Å². The Morgan fingerprint density at radius 1 is 1.23 bits per heavy atom. The van der Waals surface area contributed by atoms with Gasteiger partial charge in [0, 0.05) is 51.8 Å². The number of carbonyl (C=O) groups excluding carboxylic acids is 2. The third-order valence-corrected chi connectivity index (χ3v) is 7.31. The fourth-order valence-corrected chi connectivity index (χ4v) is 5.13. The fourth-order valence-electron chi connectivity index (χ4n) is 4.28. The molecule has 0 bridgehead atoms. The third kappa shape index (κ3) is 6.78. The first kappa shape index (κ1) is 25.6. The first-order valence-corrected chi connectivity index (χ1v) is 13.2. The molecule has 0 unspecified atom stereocenters. The lowest BCUT2D eigenvalue weighted by atomic mass is 10.0. The molecule has 2 aromatic rings. The summed E-state index contributed by atoms with van der Waals surface area (Å²) in [4.78, 5) is 35.0. The number of thiazole rings is 1. The first-order chi connectivity index (χ1) is 17.1. The summed E-state index contributed by atoms with van der Waals surface area (Å²) in [6.45, 7) is 8.52. The molecule has 2 N–H and O–H groups in total. The standard InChI is InChI=1S/C25H35N5O4S/c1-3-8-26-23(31)20-15-18(6-9-29-11-13-34-14-12-29)4-5-21(20)27-24(32)22-17-35-25(28-22)30-10-7-19(16-30)33-2/h4-5,15,17,19H,3,6-14,16H2,1-2H3,(H,26,31)(H,27,32)/t19-/m0/s1. The molecule has 1 aromatic carbocycles. The monoisotopic (exact) mass is 501 g/mol. The quantitative estimate of drug-likeness (QED) is 0.517. The lowest BCUT2D eigenvalue weighted by Crippen LogP contribution is -2.37. The van der Waals surface area contributed by atoms with Crippen LogP contribution in [0.4, 0.5) is 10.8 Å². The number of benzene rings is 1. The summed E-state index contributed by atoms with van der Waals surface area (Å²) in [6.07, 6.45) is 2.82. The van der Waals surface area contributed by atoms with Crippen LogP contribution >= 0.6 is 11.3 Å². The van der Waals surface area contributed by atoms with Gasteiger partial charge in [-0.3, -0.25) is 14.5 Å². The highest BCUT2D eigenvalue weighted by Crippen LogP contribution is 2.26. The van der Waals surface area contributed by atoms with Gasteiger partial charge in [-0.05, 0) is 37.0 Å². The van der Waals surface area contributed by atoms with Gasteiger partial charge in [0.2, 0.25) is 0 Å². The Morgan fingerprint density at radius 2 is 2.06 bits per heavy atom. The Balaban J connectivity index is 1.45. The van der Waals surface area contributed by atoms with E-state index in [9.17, 15) is 9.59 Å². The van der Waals surface area contributed by atoms with Crippen molar-refractivity contribution in [3.05, 3.63) is 40.4 Å². The molecule has 2 saturated heterocycles. The smallest absolute Gasteiger partial charge is 0.275 e. The van der Waals surface area contributed by atoms with Crippen molar-refractivity contribution < 1.29 is 19.1 Å². The molecule has 0 saturated carbocycles. The largest absolute Gasteiger partial charge is 0.380 e.